The fourth-order valence-corrected chi connectivity index (χ4v) is 5.43. The van der Waals surface area contributed by atoms with Crippen molar-refractivity contribution in [1.82, 2.24) is 24.7 Å². The number of methoxy groups -OCH3 is 3. The number of nitriles is 1. The molecule has 196 valence electrons. The molecule has 1 aromatic carbocycles. The second-order valence-corrected chi connectivity index (χ2v) is 10.9. The number of halogens is 1. The van der Waals surface area contributed by atoms with Crippen LogP contribution in [0, 0.1) is 17.2 Å². The molecule has 2 unspecified atom stereocenters. The molecule has 4 rings (SSSR count). The van der Waals surface area contributed by atoms with Crippen molar-refractivity contribution in [3.05, 3.63) is 47.3 Å². The van der Waals surface area contributed by atoms with Crippen LogP contribution in [-0.4, -0.2) is 59.7 Å². The number of hydrogen-bond donors (Lipinski definition) is 1. The van der Waals surface area contributed by atoms with Crippen molar-refractivity contribution < 1.29 is 22.6 Å². The number of hydrogen-bond acceptors (Lipinski definition) is 10. The fourth-order valence-electron chi connectivity index (χ4n) is 4.20. The summed E-state index contributed by atoms with van der Waals surface area (Å²) < 4.78 is 47.7. The van der Waals surface area contributed by atoms with Crippen molar-refractivity contribution in [1.29, 1.82) is 5.26 Å². The maximum Gasteiger partial charge on any atom is 0.243 e. The number of nitrogens with one attached hydrogen (secondary N) is 1. The topological polar surface area (TPSA) is 154 Å². The second-order valence-electron chi connectivity index (χ2n) is 8.42. The maximum atomic E-state index is 13.5. The van der Waals surface area contributed by atoms with Gasteiger partial charge in [-0.2, -0.15) is 5.26 Å². The molecule has 0 spiro atoms. The van der Waals surface area contributed by atoms with Crippen LogP contribution in [-0.2, 0) is 14.8 Å². The Morgan fingerprint density at radius 3 is 2.30 bits per heavy atom. The lowest BCUT2D eigenvalue weighted by Gasteiger charge is -2.31. The highest BCUT2D eigenvalue weighted by molar-refractivity contribution is 7.93. The van der Waals surface area contributed by atoms with E-state index >= 15 is 0 Å². The van der Waals surface area contributed by atoms with E-state index in [-0.39, 0.29) is 23.6 Å². The van der Waals surface area contributed by atoms with Gasteiger partial charge in [0.15, 0.2) is 5.82 Å². The van der Waals surface area contributed by atoms with Gasteiger partial charge in [0.25, 0.3) is 0 Å². The summed E-state index contributed by atoms with van der Waals surface area (Å²) in [6.07, 6.45) is 3.15. The fraction of sp³-hybridized carbons (Fsp3) is 0.435. The van der Waals surface area contributed by atoms with E-state index < -0.39 is 21.4 Å². The molecule has 1 fully saturated rings. The van der Waals surface area contributed by atoms with E-state index in [0.717, 1.165) is 0 Å². The van der Waals surface area contributed by atoms with Crippen molar-refractivity contribution in [3.8, 4) is 23.3 Å². The maximum absolute atomic E-state index is 13.5. The van der Waals surface area contributed by atoms with Gasteiger partial charge in [-0.25, -0.2) is 18.4 Å². The van der Waals surface area contributed by atoms with E-state index in [2.05, 4.69) is 31.0 Å². The van der Waals surface area contributed by atoms with Crippen LogP contribution in [0.4, 0.5) is 5.95 Å². The van der Waals surface area contributed by atoms with E-state index in [4.69, 9.17) is 25.8 Å². The van der Waals surface area contributed by atoms with Crippen LogP contribution >= 0.6 is 11.6 Å². The van der Waals surface area contributed by atoms with Crippen LogP contribution < -0.4 is 14.2 Å². The number of para-hydroxylation sites is 1. The monoisotopic (exact) mass is 547 g/mol. The minimum Gasteiger partial charge on any atom is -0.494 e. The molecule has 4 atom stereocenters. The largest absolute Gasteiger partial charge is 0.494 e. The minimum absolute atomic E-state index is 0.0832. The molecule has 1 aliphatic carbocycles. The molecule has 3 aromatic rings. The minimum atomic E-state index is -4.13. The summed E-state index contributed by atoms with van der Waals surface area (Å²) in [5.41, 5.74) is 0.408. The predicted octanol–water partition coefficient (Wildman–Crippen LogP) is 3.26. The summed E-state index contributed by atoms with van der Waals surface area (Å²) in [4.78, 5) is 8.22. The lowest BCUT2D eigenvalue weighted by molar-refractivity contribution is 0.0950. The highest BCUT2D eigenvalue weighted by Crippen LogP contribution is 2.45. The molecule has 2 aromatic heterocycles. The van der Waals surface area contributed by atoms with Gasteiger partial charge in [0.1, 0.15) is 34.4 Å². The Morgan fingerprint density at radius 2 is 1.78 bits per heavy atom. The Bertz CT molecular complexity index is 1390. The third-order valence-corrected chi connectivity index (χ3v) is 8.27. The van der Waals surface area contributed by atoms with Crippen LogP contribution in [0.1, 0.15) is 43.4 Å². The van der Waals surface area contributed by atoms with Gasteiger partial charge in [-0.3, -0.25) is 9.29 Å². The lowest BCUT2D eigenvalue weighted by atomic mass is 9.74. The molecule has 12 nitrogen and oxygen atoms in total. The first-order chi connectivity index (χ1) is 17.7. The Hall–Kier alpha value is -3.47. The highest BCUT2D eigenvalue weighted by atomic mass is 35.5. The molecule has 0 amide bonds. The zero-order valence-corrected chi connectivity index (χ0v) is 22.2. The number of ether oxygens (including phenoxy) is 3. The number of rotatable bonds is 10. The van der Waals surface area contributed by atoms with E-state index in [1.54, 1.807) is 18.2 Å². The summed E-state index contributed by atoms with van der Waals surface area (Å²) >= 11 is 5.87. The summed E-state index contributed by atoms with van der Waals surface area (Å²) in [6.45, 7) is 1.47. The third kappa shape index (κ3) is 5.04. The molecular formula is C23H26ClN7O5S. The van der Waals surface area contributed by atoms with Gasteiger partial charge in [-0.05, 0) is 31.9 Å². The van der Waals surface area contributed by atoms with Crippen molar-refractivity contribution in [2.45, 2.75) is 37.0 Å². The smallest absolute Gasteiger partial charge is 0.243 e. The van der Waals surface area contributed by atoms with Gasteiger partial charge in [0.05, 0.1) is 31.2 Å². The normalized spacial score (nSPS) is 18.8. The van der Waals surface area contributed by atoms with Crippen LogP contribution in [0.25, 0.3) is 5.69 Å². The molecule has 0 aliphatic heterocycles. The first kappa shape index (κ1) is 26.6. The van der Waals surface area contributed by atoms with Crippen LogP contribution in [0.5, 0.6) is 11.5 Å². The second kappa shape index (κ2) is 10.9. The first-order valence-electron chi connectivity index (χ1n) is 11.3. The molecule has 0 bridgehead atoms. The molecule has 37 heavy (non-hydrogen) atoms. The average Bonchev–Trinajstić information content (AvgIpc) is 3.25. The predicted molar refractivity (Wildman–Crippen MR) is 134 cm³/mol. The quantitative estimate of drug-likeness (QED) is 0.400. The van der Waals surface area contributed by atoms with E-state index in [0.29, 0.717) is 40.9 Å². The van der Waals surface area contributed by atoms with Gasteiger partial charge < -0.3 is 14.2 Å². The van der Waals surface area contributed by atoms with E-state index in [1.807, 2.05) is 0 Å². The van der Waals surface area contributed by atoms with E-state index in [9.17, 15) is 13.7 Å². The molecule has 2 heterocycles. The van der Waals surface area contributed by atoms with Crippen molar-refractivity contribution >= 4 is 27.6 Å². The van der Waals surface area contributed by atoms with Gasteiger partial charge in [-0.15, -0.1) is 10.2 Å². The summed E-state index contributed by atoms with van der Waals surface area (Å²) in [6, 6.07) is 7.45. The lowest BCUT2D eigenvalue weighted by Crippen LogP contribution is -2.33. The van der Waals surface area contributed by atoms with Crippen molar-refractivity contribution in [2.75, 3.05) is 26.1 Å². The Kier molecular flexibility index (Phi) is 7.82. The molecule has 0 radical (unpaired) electrons. The Balaban J connectivity index is 1.79. The summed E-state index contributed by atoms with van der Waals surface area (Å²) in [7, 11) is 0.220. The number of anilines is 1. The van der Waals surface area contributed by atoms with Gasteiger partial charge >= 0.3 is 0 Å². The van der Waals surface area contributed by atoms with Crippen LogP contribution in [0.15, 0.2) is 30.6 Å². The molecule has 0 saturated heterocycles. The third-order valence-electron chi connectivity index (χ3n) is 6.38. The molecule has 14 heteroatoms. The van der Waals surface area contributed by atoms with Crippen molar-refractivity contribution in [2.24, 2.45) is 5.92 Å². The average molecular weight is 548 g/mol. The zero-order valence-electron chi connectivity index (χ0n) is 20.6. The molecule has 1 N–H and O–H groups in total. The SMILES string of the molecule is COc1cccc(OC)c1-n1c(NS(=O)(=O)C(C)C(OC)c2ncc(Cl)cn2)nnc1[C@@H]1CC[C@@H]1C#N. The molecule has 1 aliphatic rings. The standard InChI is InChI=1S/C23H26ClN7O5S/c1-13(20(36-4)21-26-11-15(24)12-27-21)37(32,33)30-23-29-28-22(16-9-8-14(16)10-25)31(23)19-17(34-2)6-5-7-18(19)35-3/h5-7,11-14,16,20H,8-9H2,1-4H3,(H,29,30)/t13?,14-,16-,20?/m1/s1. The first-order valence-corrected chi connectivity index (χ1v) is 13.3. The van der Waals surface area contributed by atoms with Crippen molar-refractivity contribution in [3.63, 3.8) is 0 Å². The zero-order chi connectivity index (χ0) is 26.7. The number of sulfonamides is 1. The summed E-state index contributed by atoms with van der Waals surface area (Å²) in [5.74, 6) is 0.807. The Morgan fingerprint density at radius 1 is 1.14 bits per heavy atom. The summed E-state index contributed by atoms with van der Waals surface area (Å²) in [5, 5.41) is 17.2. The number of nitrogens with zero attached hydrogens (tertiary/aromatic N) is 6. The van der Waals surface area contributed by atoms with Gasteiger partial charge in [0.2, 0.25) is 16.0 Å². The van der Waals surface area contributed by atoms with Crippen LogP contribution in [0.3, 0.4) is 0 Å². The van der Waals surface area contributed by atoms with Crippen LogP contribution in [0.2, 0.25) is 5.02 Å². The number of aromatic nitrogens is 5. The van der Waals surface area contributed by atoms with E-state index in [1.165, 1.54) is 45.2 Å². The molecule has 1 saturated carbocycles. The number of benzene rings is 1. The van der Waals surface area contributed by atoms with Gasteiger partial charge in [0, 0.05) is 25.4 Å². The highest BCUT2D eigenvalue weighted by Gasteiger charge is 2.39. The van der Waals surface area contributed by atoms with Gasteiger partial charge in [-0.1, -0.05) is 17.7 Å². The molecular weight excluding hydrogens is 522 g/mol. The Labute approximate surface area is 219 Å².